The van der Waals surface area contributed by atoms with Gasteiger partial charge in [0, 0.05) is 29.3 Å². The van der Waals surface area contributed by atoms with Crippen molar-refractivity contribution in [2.24, 2.45) is 0 Å². The van der Waals surface area contributed by atoms with Crippen molar-refractivity contribution in [1.29, 1.82) is 0 Å². The Morgan fingerprint density at radius 3 is 2.70 bits per heavy atom. The number of nitro groups is 1. The average Bonchev–Trinajstić information content (AvgIpc) is 2.42. The molecular formula is C13H10BrFN2O3. The summed E-state index contributed by atoms with van der Waals surface area (Å²) in [7, 11) is 1.63. The molecule has 2 aromatic rings. The van der Waals surface area contributed by atoms with Gasteiger partial charge >= 0.3 is 0 Å². The average molecular weight is 341 g/mol. The van der Waals surface area contributed by atoms with Gasteiger partial charge in [-0.15, -0.1) is 0 Å². The number of nitro benzene ring substituents is 1. The first-order valence-electron chi connectivity index (χ1n) is 5.60. The molecular weight excluding hydrogens is 331 g/mol. The molecule has 0 aliphatic heterocycles. The van der Waals surface area contributed by atoms with Crippen molar-refractivity contribution in [3.8, 4) is 11.5 Å². The molecule has 20 heavy (non-hydrogen) atoms. The van der Waals surface area contributed by atoms with Gasteiger partial charge in [-0.25, -0.2) is 4.39 Å². The predicted molar refractivity (Wildman–Crippen MR) is 76.8 cm³/mol. The van der Waals surface area contributed by atoms with Crippen LogP contribution in [0.15, 0.2) is 40.9 Å². The minimum atomic E-state index is -0.550. The van der Waals surface area contributed by atoms with Crippen LogP contribution in [0.1, 0.15) is 0 Å². The van der Waals surface area contributed by atoms with Crippen LogP contribution >= 0.6 is 15.9 Å². The lowest BCUT2D eigenvalue weighted by Crippen LogP contribution is -1.95. The number of rotatable bonds is 4. The highest BCUT2D eigenvalue weighted by atomic mass is 79.9. The number of ether oxygens (including phenoxy) is 1. The van der Waals surface area contributed by atoms with Gasteiger partial charge < -0.3 is 10.1 Å². The maximum atomic E-state index is 13.6. The van der Waals surface area contributed by atoms with E-state index in [4.69, 9.17) is 4.74 Å². The fraction of sp³-hybridized carbons (Fsp3) is 0.0769. The van der Waals surface area contributed by atoms with E-state index >= 15 is 0 Å². The summed E-state index contributed by atoms with van der Waals surface area (Å²) in [6.45, 7) is 0. The molecule has 2 aromatic carbocycles. The van der Waals surface area contributed by atoms with Gasteiger partial charge in [0.2, 0.25) is 0 Å². The number of benzene rings is 2. The van der Waals surface area contributed by atoms with Crippen molar-refractivity contribution in [2.75, 3.05) is 12.4 Å². The number of hydrogen-bond acceptors (Lipinski definition) is 4. The number of halogens is 2. The lowest BCUT2D eigenvalue weighted by atomic mass is 10.2. The zero-order chi connectivity index (χ0) is 14.7. The molecule has 0 fully saturated rings. The highest BCUT2D eigenvalue weighted by Gasteiger charge is 2.12. The fourth-order valence-corrected chi connectivity index (χ4v) is 1.91. The second-order valence-electron chi connectivity index (χ2n) is 3.90. The van der Waals surface area contributed by atoms with Gasteiger partial charge in [0.15, 0.2) is 11.6 Å². The van der Waals surface area contributed by atoms with Gasteiger partial charge in [-0.2, -0.15) is 0 Å². The molecule has 0 bridgehead atoms. The number of nitrogens with zero attached hydrogens (tertiary/aromatic N) is 1. The minimum absolute atomic E-state index is 0.0121. The van der Waals surface area contributed by atoms with E-state index in [1.807, 2.05) is 0 Å². The molecule has 0 saturated heterocycles. The summed E-state index contributed by atoms with van der Waals surface area (Å²) in [4.78, 5) is 10.3. The molecule has 0 aromatic heterocycles. The topological polar surface area (TPSA) is 64.4 Å². The standard InChI is InChI=1S/C13H10BrFN2O3/c1-16-9-5-10(17(18)19)7-11(6-9)20-13-4-8(14)2-3-12(13)15/h2-7,16H,1H3. The number of nitrogens with one attached hydrogen (secondary N) is 1. The predicted octanol–water partition coefficient (Wildman–Crippen LogP) is 4.33. The van der Waals surface area contributed by atoms with E-state index in [0.29, 0.717) is 10.2 Å². The smallest absolute Gasteiger partial charge is 0.275 e. The van der Waals surface area contributed by atoms with E-state index in [1.54, 1.807) is 13.1 Å². The molecule has 5 nitrogen and oxygen atoms in total. The Labute approximate surface area is 122 Å². The Morgan fingerprint density at radius 1 is 1.30 bits per heavy atom. The molecule has 0 aliphatic rings. The number of non-ortho nitro benzene ring substituents is 1. The van der Waals surface area contributed by atoms with Crippen molar-refractivity contribution < 1.29 is 14.1 Å². The number of hydrogen-bond donors (Lipinski definition) is 1. The van der Waals surface area contributed by atoms with Crippen LogP contribution in [-0.2, 0) is 0 Å². The molecule has 0 amide bonds. The third-order valence-corrected chi connectivity index (χ3v) is 3.01. The van der Waals surface area contributed by atoms with Crippen molar-refractivity contribution in [1.82, 2.24) is 0 Å². The summed E-state index contributed by atoms with van der Waals surface area (Å²) in [6.07, 6.45) is 0. The maximum absolute atomic E-state index is 13.6. The van der Waals surface area contributed by atoms with Crippen molar-refractivity contribution in [3.63, 3.8) is 0 Å². The summed E-state index contributed by atoms with van der Waals surface area (Å²) in [6, 6.07) is 8.39. The highest BCUT2D eigenvalue weighted by molar-refractivity contribution is 9.10. The normalized spacial score (nSPS) is 10.2. The van der Waals surface area contributed by atoms with E-state index in [-0.39, 0.29) is 17.2 Å². The zero-order valence-electron chi connectivity index (χ0n) is 10.4. The first-order valence-corrected chi connectivity index (χ1v) is 6.39. The Hall–Kier alpha value is -2.15. The molecule has 0 spiro atoms. The van der Waals surface area contributed by atoms with Crippen LogP contribution in [0.2, 0.25) is 0 Å². The van der Waals surface area contributed by atoms with Crippen LogP contribution in [0.4, 0.5) is 15.8 Å². The molecule has 0 heterocycles. The lowest BCUT2D eigenvalue weighted by Gasteiger charge is -2.09. The summed E-state index contributed by atoms with van der Waals surface area (Å²) in [5.41, 5.74) is 0.367. The monoisotopic (exact) mass is 340 g/mol. The van der Waals surface area contributed by atoms with Crippen LogP contribution in [0.5, 0.6) is 11.5 Å². The molecule has 0 atom stereocenters. The van der Waals surface area contributed by atoms with E-state index < -0.39 is 10.7 Å². The van der Waals surface area contributed by atoms with Crippen molar-refractivity contribution in [3.05, 3.63) is 56.8 Å². The molecule has 0 radical (unpaired) electrons. The van der Waals surface area contributed by atoms with Crippen LogP contribution in [0.25, 0.3) is 0 Å². The van der Waals surface area contributed by atoms with Gasteiger partial charge in [-0.3, -0.25) is 10.1 Å². The summed E-state index contributed by atoms with van der Waals surface area (Å²) in [5.74, 6) is -0.381. The quantitative estimate of drug-likeness (QED) is 0.664. The lowest BCUT2D eigenvalue weighted by molar-refractivity contribution is -0.384. The zero-order valence-corrected chi connectivity index (χ0v) is 12.0. The third kappa shape index (κ3) is 3.24. The molecule has 7 heteroatoms. The van der Waals surface area contributed by atoms with E-state index in [0.717, 1.165) is 0 Å². The van der Waals surface area contributed by atoms with Crippen LogP contribution in [-0.4, -0.2) is 12.0 Å². The first kappa shape index (κ1) is 14.3. The second-order valence-corrected chi connectivity index (χ2v) is 4.82. The Kier molecular flexibility index (Phi) is 4.19. The molecule has 104 valence electrons. The molecule has 1 N–H and O–H groups in total. The highest BCUT2D eigenvalue weighted by Crippen LogP contribution is 2.32. The summed E-state index contributed by atoms with van der Waals surface area (Å²) < 4.78 is 19.6. The van der Waals surface area contributed by atoms with Crippen LogP contribution in [0, 0.1) is 15.9 Å². The molecule has 0 unspecified atom stereocenters. The van der Waals surface area contributed by atoms with Gasteiger partial charge in [0.25, 0.3) is 5.69 Å². The van der Waals surface area contributed by atoms with E-state index in [9.17, 15) is 14.5 Å². The first-order chi connectivity index (χ1) is 9.49. The largest absolute Gasteiger partial charge is 0.454 e. The Morgan fingerprint density at radius 2 is 2.05 bits per heavy atom. The minimum Gasteiger partial charge on any atom is -0.454 e. The Balaban J connectivity index is 2.39. The van der Waals surface area contributed by atoms with Gasteiger partial charge in [-0.05, 0) is 18.2 Å². The molecule has 0 aliphatic carbocycles. The van der Waals surface area contributed by atoms with E-state index in [2.05, 4.69) is 21.2 Å². The maximum Gasteiger partial charge on any atom is 0.275 e. The van der Waals surface area contributed by atoms with E-state index in [1.165, 1.54) is 30.3 Å². The number of anilines is 1. The fourth-order valence-electron chi connectivity index (χ4n) is 1.57. The molecule has 2 rings (SSSR count). The van der Waals surface area contributed by atoms with Gasteiger partial charge in [0.1, 0.15) is 5.75 Å². The van der Waals surface area contributed by atoms with Gasteiger partial charge in [-0.1, -0.05) is 15.9 Å². The van der Waals surface area contributed by atoms with Crippen LogP contribution < -0.4 is 10.1 Å². The Bertz CT molecular complexity index is 664. The van der Waals surface area contributed by atoms with Crippen molar-refractivity contribution >= 4 is 27.3 Å². The van der Waals surface area contributed by atoms with Gasteiger partial charge in [0.05, 0.1) is 11.0 Å². The molecule has 0 saturated carbocycles. The van der Waals surface area contributed by atoms with Crippen molar-refractivity contribution in [2.45, 2.75) is 0 Å². The van der Waals surface area contributed by atoms with Crippen LogP contribution in [0.3, 0.4) is 0 Å². The third-order valence-electron chi connectivity index (χ3n) is 2.51. The second kappa shape index (κ2) is 5.87. The summed E-state index contributed by atoms with van der Waals surface area (Å²) in [5, 5.41) is 13.6. The SMILES string of the molecule is CNc1cc(Oc2cc(Br)ccc2F)cc([N+](=O)[O-])c1. The summed E-state index contributed by atoms with van der Waals surface area (Å²) >= 11 is 3.21.